The van der Waals surface area contributed by atoms with Crippen LogP contribution in [-0.2, 0) is 0 Å². The summed E-state index contributed by atoms with van der Waals surface area (Å²) >= 11 is 2.73. The largest absolute Gasteiger partial charge is 0.508 e. The number of phenols is 1. The molecule has 0 fully saturated rings. The first-order chi connectivity index (χ1) is 5.61. The van der Waals surface area contributed by atoms with Crippen molar-refractivity contribution in [3.63, 3.8) is 0 Å². The fourth-order valence-electron chi connectivity index (χ4n) is 0.797. The molecule has 0 bridgehead atoms. The van der Waals surface area contributed by atoms with E-state index in [4.69, 9.17) is 10.2 Å². The number of phenolic OH excluding ortho intramolecular Hbond substituents is 1. The van der Waals surface area contributed by atoms with Gasteiger partial charge in [-0.1, -0.05) is 12.1 Å². The second-order valence-electron chi connectivity index (χ2n) is 2.25. The van der Waals surface area contributed by atoms with Gasteiger partial charge in [0.2, 0.25) is 5.78 Å². The highest BCUT2D eigenvalue weighted by atomic mass is 79.9. The van der Waals surface area contributed by atoms with Gasteiger partial charge in [0.1, 0.15) is 5.75 Å². The Balaban J connectivity index is 2.96. The minimum Gasteiger partial charge on any atom is -0.508 e. The SMILES string of the molecule is O=C(c1cccc(O)c1)C(O)Br. The van der Waals surface area contributed by atoms with E-state index in [-0.39, 0.29) is 11.3 Å². The lowest BCUT2D eigenvalue weighted by atomic mass is 10.1. The number of hydrogen-bond donors (Lipinski definition) is 2. The molecule has 4 heteroatoms. The van der Waals surface area contributed by atoms with Crippen LogP contribution in [-0.4, -0.2) is 21.0 Å². The monoisotopic (exact) mass is 230 g/mol. The van der Waals surface area contributed by atoms with Crippen molar-refractivity contribution in [2.45, 2.75) is 5.01 Å². The second-order valence-corrected chi connectivity index (χ2v) is 3.12. The Bertz CT molecular complexity index is 296. The van der Waals surface area contributed by atoms with E-state index in [0.717, 1.165) is 0 Å². The summed E-state index contributed by atoms with van der Waals surface area (Å²) in [4.78, 5) is 11.1. The average molecular weight is 231 g/mol. The van der Waals surface area contributed by atoms with Crippen molar-refractivity contribution in [2.24, 2.45) is 0 Å². The molecule has 2 N–H and O–H groups in total. The molecule has 0 spiro atoms. The highest BCUT2D eigenvalue weighted by Gasteiger charge is 2.13. The summed E-state index contributed by atoms with van der Waals surface area (Å²) in [5.74, 6) is -0.458. The van der Waals surface area contributed by atoms with Crippen LogP contribution in [0.2, 0.25) is 0 Å². The standard InChI is InChI=1S/C8H7BrO3/c9-8(12)7(11)5-2-1-3-6(10)4-5/h1-4,8,10,12H. The lowest BCUT2D eigenvalue weighted by molar-refractivity contribution is 0.0875. The number of aliphatic hydroxyl groups excluding tert-OH is 1. The number of carbonyl (C=O) groups is 1. The van der Waals surface area contributed by atoms with Crippen LogP contribution in [0.5, 0.6) is 5.75 Å². The van der Waals surface area contributed by atoms with Crippen LogP contribution in [0.4, 0.5) is 0 Å². The summed E-state index contributed by atoms with van der Waals surface area (Å²) in [6.45, 7) is 0. The van der Waals surface area contributed by atoms with Crippen molar-refractivity contribution >= 4 is 21.7 Å². The predicted octanol–water partition coefficient (Wildman–Crippen LogP) is 1.29. The Morgan fingerprint density at radius 2 is 2.17 bits per heavy atom. The Labute approximate surface area is 77.8 Å². The number of ketones is 1. The van der Waals surface area contributed by atoms with Gasteiger partial charge in [-0.15, -0.1) is 0 Å². The molecule has 12 heavy (non-hydrogen) atoms. The molecule has 1 unspecified atom stereocenters. The van der Waals surface area contributed by atoms with Crippen LogP contribution in [0.15, 0.2) is 24.3 Å². The van der Waals surface area contributed by atoms with Gasteiger partial charge in [-0.3, -0.25) is 4.79 Å². The van der Waals surface area contributed by atoms with Crippen molar-refractivity contribution in [1.29, 1.82) is 0 Å². The maximum Gasteiger partial charge on any atom is 0.202 e. The van der Waals surface area contributed by atoms with E-state index in [0.29, 0.717) is 0 Å². The first kappa shape index (κ1) is 9.22. The molecule has 3 nitrogen and oxygen atoms in total. The molecule has 0 aliphatic carbocycles. The van der Waals surface area contributed by atoms with Crippen molar-refractivity contribution in [2.75, 3.05) is 0 Å². The van der Waals surface area contributed by atoms with E-state index in [1.165, 1.54) is 24.3 Å². The zero-order valence-electron chi connectivity index (χ0n) is 6.07. The lowest BCUT2D eigenvalue weighted by Crippen LogP contribution is -2.12. The summed E-state index contributed by atoms with van der Waals surface area (Å²) in [5.41, 5.74) is 0.277. The smallest absolute Gasteiger partial charge is 0.202 e. The number of halogens is 1. The van der Waals surface area contributed by atoms with Crippen LogP contribution in [0.3, 0.4) is 0 Å². The molecule has 64 valence electrons. The molecule has 1 rings (SSSR count). The maximum atomic E-state index is 11.1. The minimum absolute atomic E-state index is 0.00833. The van der Waals surface area contributed by atoms with E-state index in [1.807, 2.05) is 0 Å². The third-order valence-electron chi connectivity index (χ3n) is 1.35. The Morgan fingerprint density at radius 1 is 1.50 bits per heavy atom. The second kappa shape index (κ2) is 3.69. The van der Waals surface area contributed by atoms with E-state index in [9.17, 15) is 4.79 Å². The van der Waals surface area contributed by atoms with Gasteiger partial charge in [-0.05, 0) is 28.1 Å². The zero-order valence-corrected chi connectivity index (χ0v) is 7.65. The lowest BCUT2D eigenvalue weighted by Gasteiger charge is -2.01. The summed E-state index contributed by atoms with van der Waals surface area (Å²) in [7, 11) is 0. The van der Waals surface area contributed by atoms with Gasteiger partial charge in [0.15, 0.2) is 5.01 Å². The molecule has 0 heterocycles. The van der Waals surface area contributed by atoms with E-state index in [1.54, 1.807) is 0 Å². The molecule has 0 aromatic heterocycles. The van der Waals surface area contributed by atoms with Crippen LogP contribution >= 0.6 is 15.9 Å². The molecule has 0 saturated carbocycles. The fourth-order valence-corrected chi connectivity index (χ4v) is 1.06. The number of hydrogen-bond acceptors (Lipinski definition) is 3. The van der Waals surface area contributed by atoms with Gasteiger partial charge in [-0.2, -0.15) is 0 Å². The summed E-state index contributed by atoms with van der Waals surface area (Å²) in [6.07, 6.45) is 0. The van der Waals surface area contributed by atoms with Crippen molar-refractivity contribution in [3.8, 4) is 5.75 Å². The number of benzene rings is 1. The Kier molecular flexibility index (Phi) is 2.83. The molecule has 1 atom stereocenters. The number of aliphatic hydroxyl groups is 1. The van der Waals surface area contributed by atoms with Gasteiger partial charge < -0.3 is 10.2 Å². The Morgan fingerprint density at radius 3 is 2.67 bits per heavy atom. The average Bonchev–Trinajstić information content (AvgIpc) is 2.03. The van der Waals surface area contributed by atoms with Gasteiger partial charge in [-0.25, -0.2) is 0 Å². The minimum atomic E-state index is -1.21. The van der Waals surface area contributed by atoms with Crippen LogP contribution in [0, 0.1) is 0 Å². The molecular formula is C8H7BrO3. The van der Waals surface area contributed by atoms with Crippen molar-refractivity contribution in [1.82, 2.24) is 0 Å². The molecular weight excluding hydrogens is 224 g/mol. The third kappa shape index (κ3) is 2.06. The highest BCUT2D eigenvalue weighted by Crippen LogP contribution is 2.14. The number of aromatic hydroxyl groups is 1. The molecule has 0 amide bonds. The van der Waals surface area contributed by atoms with Crippen LogP contribution < -0.4 is 0 Å². The summed E-state index contributed by atoms with van der Waals surface area (Å²) < 4.78 is 0. The highest BCUT2D eigenvalue weighted by molar-refractivity contribution is 9.09. The maximum absolute atomic E-state index is 11.1. The van der Waals surface area contributed by atoms with Gasteiger partial charge >= 0.3 is 0 Å². The first-order valence-electron chi connectivity index (χ1n) is 3.26. The van der Waals surface area contributed by atoms with E-state index < -0.39 is 10.8 Å². The molecule has 1 aromatic carbocycles. The van der Waals surface area contributed by atoms with E-state index in [2.05, 4.69) is 15.9 Å². The Hall–Kier alpha value is -0.870. The quantitative estimate of drug-likeness (QED) is 0.595. The molecule has 0 radical (unpaired) electrons. The summed E-state index contributed by atoms with van der Waals surface area (Å²) in [5, 5.41) is 16.6. The third-order valence-corrected chi connectivity index (χ3v) is 1.76. The number of alkyl halides is 1. The van der Waals surface area contributed by atoms with Gasteiger partial charge in [0.05, 0.1) is 0 Å². The number of carbonyl (C=O) groups excluding carboxylic acids is 1. The van der Waals surface area contributed by atoms with Crippen LogP contribution in [0.25, 0.3) is 0 Å². The van der Waals surface area contributed by atoms with E-state index >= 15 is 0 Å². The van der Waals surface area contributed by atoms with Crippen molar-refractivity contribution in [3.05, 3.63) is 29.8 Å². The summed E-state index contributed by atoms with van der Waals surface area (Å²) in [6, 6.07) is 5.81. The molecule has 0 aliphatic rings. The number of rotatable bonds is 2. The fraction of sp³-hybridized carbons (Fsp3) is 0.125. The van der Waals surface area contributed by atoms with Gasteiger partial charge in [0, 0.05) is 5.56 Å². The first-order valence-corrected chi connectivity index (χ1v) is 4.18. The topological polar surface area (TPSA) is 57.5 Å². The van der Waals surface area contributed by atoms with Gasteiger partial charge in [0.25, 0.3) is 0 Å². The van der Waals surface area contributed by atoms with Crippen LogP contribution in [0.1, 0.15) is 10.4 Å². The normalized spacial score (nSPS) is 12.5. The molecule has 0 saturated heterocycles. The zero-order chi connectivity index (χ0) is 9.14. The molecule has 0 aliphatic heterocycles. The number of Topliss-reactive ketones (excluding diaryl/α,β-unsaturated/α-hetero) is 1. The molecule has 1 aromatic rings. The predicted molar refractivity (Wildman–Crippen MR) is 47.4 cm³/mol. The van der Waals surface area contributed by atoms with Crippen molar-refractivity contribution < 1.29 is 15.0 Å².